The predicted octanol–water partition coefficient (Wildman–Crippen LogP) is 8.38. The summed E-state index contributed by atoms with van der Waals surface area (Å²) in [5.41, 5.74) is 0. The van der Waals surface area contributed by atoms with E-state index in [0.717, 1.165) is 5.92 Å². The van der Waals surface area contributed by atoms with Crippen LogP contribution in [0.15, 0.2) is 24.3 Å². The lowest BCUT2D eigenvalue weighted by Gasteiger charge is -2.05. The van der Waals surface area contributed by atoms with Gasteiger partial charge in [-0.25, -0.2) is 0 Å². The molecule has 0 nitrogen and oxygen atoms in total. The summed E-state index contributed by atoms with van der Waals surface area (Å²) in [7, 11) is 0. The Morgan fingerprint density at radius 2 is 0.826 bits per heavy atom. The van der Waals surface area contributed by atoms with E-state index in [2.05, 4.69) is 31.2 Å². The summed E-state index contributed by atoms with van der Waals surface area (Å²) in [6.07, 6.45) is 33.8. The topological polar surface area (TPSA) is 0 Å². The summed E-state index contributed by atoms with van der Waals surface area (Å²) in [6, 6.07) is 0. The maximum absolute atomic E-state index is 2.34. The molecule has 0 atom stereocenters. The lowest BCUT2D eigenvalue weighted by molar-refractivity contribution is 0.523. The van der Waals surface area contributed by atoms with Crippen molar-refractivity contribution in [1.29, 1.82) is 0 Å². The molecule has 1 aliphatic carbocycles. The Kier molecular flexibility index (Phi) is 14.6. The Labute approximate surface area is 146 Å². The van der Waals surface area contributed by atoms with Gasteiger partial charge in [-0.05, 0) is 12.3 Å². The Morgan fingerprint density at radius 3 is 1.22 bits per heavy atom. The Morgan fingerprint density at radius 1 is 0.478 bits per heavy atom. The highest BCUT2D eigenvalue weighted by Crippen LogP contribution is 2.18. The summed E-state index contributed by atoms with van der Waals surface area (Å²) in [4.78, 5) is 0. The van der Waals surface area contributed by atoms with Crippen molar-refractivity contribution >= 4 is 0 Å². The van der Waals surface area contributed by atoms with Crippen molar-refractivity contribution < 1.29 is 0 Å². The van der Waals surface area contributed by atoms with Crippen LogP contribution < -0.4 is 0 Å². The van der Waals surface area contributed by atoms with Crippen LogP contribution in [-0.4, -0.2) is 0 Å². The van der Waals surface area contributed by atoms with E-state index in [1.807, 2.05) is 0 Å². The van der Waals surface area contributed by atoms with Gasteiger partial charge in [0.2, 0.25) is 0 Å². The average molecular weight is 319 g/mol. The van der Waals surface area contributed by atoms with Crippen LogP contribution in [0.25, 0.3) is 0 Å². The summed E-state index contributed by atoms with van der Waals surface area (Å²) in [5.74, 6) is 0.752. The minimum absolute atomic E-state index is 0.752. The van der Waals surface area contributed by atoms with Gasteiger partial charge in [-0.15, -0.1) is 0 Å². The largest absolute Gasteiger partial charge is 0.0776 e. The fourth-order valence-corrected chi connectivity index (χ4v) is 3.60. The molecule has 0 heteroatoms. The van der Waals surface area contributed by atoms with Gasteiger partial charge >= 0.3 is 0 Å². The Balaban J connectivity index is 1.65. The number of hydrogen-bond acceptors (Lipinski definition) is 0. The average Bonchev–Trinajstić information content (AvgIpc) is 3.08. The molecule has 0 unspecified atom stereocenters. The molecule has 0 saturated carbocycles. The van der Waals surface area contributed by atoms with Gasteiger partial charge in [-0.3, -0.25) is 0 Å². The first-order valence-electron chi connectivity index (χ1n) is 10.8. The molecule has 0 fully saturated rings. The van der Waals surface area contributed by atoms with Gasteiger partial charge in [-0.2, -0.15) is 0 Å². The third-order valence-corrected chi connectivity index (χ3v) is 5.22. The van der Waals surface area contributed by atoms with Crippen LogP contribution in [0.2, 0.25) is 0 Å². The summed E-state index contributed by atoms with van der Waals surface area (Å²) < 4.78 is 0. The van der Waals surface area contributed by atoms with Gasteiger partial charge in [0.15, 0.2) is 0 Å². The SMILES string of the molecule is CCCCCCCCCCCCCCCCCCC1C=CC=C1. The fourth-order valence-electron chi connectivity index (χ4n) is 3.60. The van der Waals surface area contributed by atoms with E-state index in [1.54, 1.807) is 0 Å². The van der Waals surface area contributed by atoms with Gasteiger partial charge in [0.05, 0.1) is 0 Å². The first-order valence-corrected chi connectivity index (χ1v) is 10.8. The van der Waals surface area contributed by atoms with Crippen molar-refractivity contribution in [2.24, 2.45) is 5.92 Å². The monoisotopic (exact) mass is 318 g/mol. The quantitative estimate of drug-likeness (QED) is 0.236. The minimum atomic E-state index is 0.752. The van der Waals surface area contributed by atoms with Crippen molar-refractivity contribution in [3.63, 3.8) is 0 Å². The van der Waals surface area contributed by atoms with Gasteiger partial charge in [0, 0.05) is 0 Å². The van der Waals surface area contributed by atoms with E-state index >= 15 is 0 Å². The Bertz CT molecular complexity index is 274. The molecule has 0 amide bonds. The van der Waals surface area contributed by atoms with Crippen LogP contribution in [0.1, 0.15) is 116 Å². The standard InChI is InChI=1S/C23H42/c1-2-3-4-5-6-7-8-9-10-11-12-13-14-15-16-17-20-23-21-18-19-22-23/h18-19,21-23H,2-17,20H2,1H3. The van der Waals surface area contributed by atoms with Gasteiger partial charge in [-0.1, -0.05) is 134 Å². The molecule has 0 aromatic heterocycles. The summed E-state index contributed by atoms with van der Waals surface area (Å²) in [6.45, 7) is 2.30. The van der Waals surface area contributed by atoms with Crippen molar-refractivity contribution in [2.45, 2.75) is 116 Å². The first-order chi connectivity index (χ1) is 11.4. The second-order valence-corrected chi connectivity index (χ2v) is 7.53. The predicted molar refractivity (Wildman–Crippen MR) is 106 cm³/mol. The molecule has 0 aliphatic heterocycles. The minimum Gasteiger partial charge on any atom is -0.0776 e. The fraction of sp³-hybridized carbons (Fsp3) is 0.826. The van der Waals surface area contributed by atoms with Crippen molar-refractivity contribution in [2.75, 3.05) is 0 Å². The molecule has 1 rings (SSSR count). The lowest BCUT2D eigenvalue weighted by Crippen LogP contribution is -1.89. The van der Waals surface area contributed by atoms with Crippen molar-refractivity contribution in [3.8, 4) is 0 Å². The lowest BCUT2D eigenvalue weighted by atomic mass is 10.0. The number of allylic oxidation sites excluding steroid dienone is 4. The van der Waals surface area contributed by atoms with E-state index in [1.165, 1.54) is 109 Å². The van der Waals surface area contributed by atoms with Gasteiger partial charge in [0.1, 0.15) is 0 Å². The van der Waals surface area contributed by atoms with E-state index in [4.69, 9.17) is 0 Å². The molecule has 0 spiro atoms. The maximum atomic E-state index is 2.34. The van der Waals surface area contributed by atoms with E-state index < -0.39 is 0 Å². The highest BCUT2D eigenvalue weighted by atomic mass is 14.1. The zero-order valence-corrected chi connectivity index (χ0v) is 15.9. The van der Waals surface area contributed by atoms with E-state index in [9.17, 15) is 0 Å². The van der Waals surface area contributed by atoms with Crippen molar-refractivity contribution in [3.05, 3.63) is 24.3 Å². The van der Waals surface area contributed by atoms with E-state index in [-0.39, 0.29) is 0 Å². The molecule has 0 radical (unpaired) electrons. The maximum Gasteiger partial charge on any atom is -0.00473 e. The molecular formula is C23H42. The number of hydrogen-bond donors (Lipinski definition) is 0. The molecule has 1 aliphatic rings. The second-order valence-electron chi connectivity index (χ2n) is 7.53. The zero-order chi connectivity index (χ0) is 16.4. The van der Waals surface area contributed by atoms with E-state index in [0.29, 0.717) is 0 Å². The number of unbranched alkanes of at least 4 members (excludes halogenated alkanes) is 15. The summed E-state index contributed by atoms with van der Waals surface area (Å²) in [5, 5.41) is 0. The normalized spacial score (nSPS) is 14.1. The smallest absolute Gasteiger partial charge is 0.00473 e. The van der Waals surface area contributed by atoms with Crippen LogP contribution >= 0.6 is 0 Å². The van der Waals surface area contributed by atoms with Crippen LogP contribution in [0.5, 0.6) is 0 Å². The number of rotatable bonds is 17. The van der Waals surface area contributed by atoms with Crippen LogP contribution in [0, 0.1) is 5.92 Å². The molecule has 23 heavy (non-hydrogen) atoms. The van der Waals surface area contributed by atoms with Gasteiger partial charge < -0.3 is 0 Å². The third-order valence-electron chi connectivity index (χ3n) is 5.22. The van der Waals surface area contributed by atoms with Crippen molar-refractivity contribution in [1.82, 2.24) is 0 Å². The highest BCUT2D eigenvalue weighted by molar-refractivity contribution is 5.17. The molecule has 0 aromatic carbocycles. The molecule has 0 bridgehead atoms. The van der Waals surface area contributed by atoms with Crippen LogP contribution in [0.3, 0.4) is 0 Å². The molecule has 0 saturated heterocycles. The molecule has 0 N–H and O–H groups in total. The van der Waals surface area contributed by atoms with Crippen LogP contribution in [0.4, 0.5) is 0 Å². The molecule has 0 heterocycles. The summed E-state index contributed by atoms with van der Waals surface area (Å²) >= 11 is 0. The third kappa shape index (κ3) is 13.6. The van der Waals surface area contributed by atoms with Gasteiger partial charge in [0.25, 0.3) is 0 Å². The van der Waals surface area contributed by atoms with Crippen LogP contribution in [-0.2, 0) is 0 Å². The first kappa shape index (κ1) is 20.5. The second kappa shape index (κ2) is 16.3. The molecular weight excluding hydrogens is 276 g/mol. The Hall–Kier alpha value is -0.520. The molecule has 134 valence electrons. The molecule has 0 aromatic rings. The zero-order valence-electron chi connectivity index (χ0n) is 15.9. The highest BCUT2D eigenvalue weighted by Gasteiger charge is 2.02.